The van der Waals surface area contributed by atoms with Crippen LogP contribution in [0.1, 0.15) is 122 Å². The van der Waals surface area contributed by atoms with E-state index in [9.17, 15) is 0 Å². The van der Waals surface area contributed by atoms with Gasteiger partial charge in [-0.3, -0.25) is 0 Å². The number of piperazine rings is 1. The van der Waals surface area contributed by atoms with Crippen LogP contribution in [-0.2, 0) is 14.1 Å². The molecule has 55 heavy (non-hydrogen) atoms. The number of likely N-dealkylation sites (tertiary alicyclic amines) is 3. The Morgan fingerprint density at radius 1 is 0.291 bits per heavy atom. The number of likely N-dealkylation sites (N-methyl/N-ethyl adjacent to an activating group) is 3. The Balaban J connectivity index is -0.000000122. The maximum Gasteiger partial charge on any atom is 0.168 e. The summed E-state index contributed by atoms with van der Waals surface area (Å²) in [6.07, 6.45) is 16.5. The molecule has 0 amide bonds. The van der Waals surface area contributed by atoms with E-state index >= 15 is 0 Å². The molecule has 5 saturated heterocycles. The molecule has 0 radical (unpaired) electrons. The molecule has 7 rings (SSSR count). The van der Waals surface area contributed by atoms with Crippen LogP contribution in [0.2, 0.25) is 0 Å². The highest BCUT2D eigenvalue weighted by atomic mass is 15.2. The van der Waals surface area contributed by atoms with Crippen LogP contribution in [-0.4, -0.2) is 155 Å². The first-order chi connectivity index (χ1) is 26.7. The molecule has 5 fully saturated rings. The molecular weight excluding hydrogens is 677 g/mol. The van der Waals surface area contributed by atoms with Crippen molar-refractivity contribution in [1.29, 1.82) is 0 Å². The molecule has 0 saturated carbocycles. The highest BCUT2D eigenvalue weighted by Crippen LogP contribution is 2.05. The smallest absolute Gasteiger partial charge is 0.168 e. The fraction of sp³-hybridized carbons (Fsp3) is 0.809. The first-order valence-electron chi connectivity index (χ1n) is 22.7. The van der Waals surface area contributed by atoms with Gasteiger partial charge in [-0.05, 0) is 126 Å². The second-order valence-corrected chi connectivity index (χ2v) is 12.8. The molecular formula is C47H105N8+. The average Bonchev–Trinajstić information content (AvgIpc) is 3.60. The second kappa shape index (κ2) is 56.5. The van der Waals surface area contributed by atoms with E-state index in [0.717, 1.165) is 0 Å². The molecule has 0 aliphatic carbocycles. The number of aryl methyl sites for hydroxylation is 2. The van der Waals surface area contributed by atoms with E-state index in [1.54, 1.807) is 0 Å². The van der Waals surface area contributed by atoms with Gasteiger partial charge in [0, 0.05) is 70.8 Å². The van der Waals surface area contributed by atoms with Crippen molar-refractivity contribution in [2.75, 3.05) is 121 Å². The summed E-state index contributed by atoms with van der Waals surface area (Å²) in [5.74, 6) is 0. The minimum absolute atomic E-state index is 1.23. The van der Waals surface area contributed by atoms with Crippen molar-refractivity contribution in [1.82, 2.24) is 34.0 Å². The molecule has 0 bridgehead atoms. The van der Waals surface area contributed by atoms with Gasteiger partial charge < -0.3 is 34.0 Å². The Hall–Kier alpha value is -1.81. The topological polar surface area (TPSA) is 28.0 Å². The third-order valence-electron chi connectivity index (χ3n) is 8.00. The zero-order valence-electron chi connectivity index (χ0n) is 41.5. The fourth-order valence-corrected chi connectivity index (χ4v) is 4.31. The van der Waals surface area contributed by atoms with Crippen LogP contribution in [0.5, 0.6) is 0 Å². The molecule has 2 aromatic heterocycles. The Kier molecular flexibility index (Phi) is 66.9. The standard InChI is InChI=1S/C6H14N2.C6H13N.C6H8N.C5H11N.C5H7N.C4H9N.C3H7N.6C2H6/c1-7-3-5-8(2)6-4-7;2*1-7-5-3-2-4-6-7;2*1-6-4-2-3-5-6;1-5-3-2-4-5;1-4-2-3-4;6*1-2/h3-6H2,1-2H3;2-6H2,1H3;2-6H,1H3;2-5H2,1H3;2-5H,1H3;2-4H2,1H3;2-3H2,1H3;6*1-2H3/q;;+1;;;;;;;;;;. The highest BCUT2D eigenvalue weighted by Gasteiger charge is 2.08. The summed E-state index contributed by atoms with van der Waals surface area (Å²) in [5.41, 5.74) is 0. The van der Waals surface area contributed by atoms with Crippen LogP contribution in [0.4, 0.5) is 0 Å². The van der Waals surface area contributed by atoms with Gasteiger partial charge in [-0.1, -0.05) is 95.6 Å². The number of aromatic nitrogens is 2. The zero-order chi connectivity index (χ0) is 43.7. The molecule has 5 aliphatic rings. The van der Waals surface area contributed by atoms with Crippen molar-refractivity contribution in [2.24, 2.45) is 14.1 Å². The van der Waals surface area contributed by atoms with E-state index in [-0.39, 0.29) is 0 Å². The third kappa shape index (κ3) is 59.0. The monoisotopic (exact) mass is 782 g/mol. The summed E-state index contributed by atoms with van der Waals surface area (Å²) >= 11 is 0. The van der Waals surface area contributed by atoms with Gasteiger partial charge in [-0.15, -0.1) is 0 Å². The number of piperidine rings is 1. The Labute approximate surface area is 349 Å². The molecule has 8 nitrogen and oxygen atoms in total. The van der Waals surface area contributed by atoms with Gasteiger partial charge >= 0.3 is 0 Å². The summed E-state index contributed by atoms with van der Waals surface area (Å²) in [5, 5.41) is 0. The molecule has 0 atom stereocenters. The van der Waals surface area contributed by atoms with Crippen LogP contribution in [0.3, 0.4) is 0 Å². The summed E-state index contributed by atoms with van der Waals surface area (Å²) in [6, 6.07) is 10.0. The van der Waals surface area contributed by atoms with Crippen LogP contribution < -0.4 is 4.57 Å². The minimum Gasteiger partial charge on any atom is -0.357 e. The lowest BCUT2D eigenvalue weighted by molar-refractivity contribution is -0.671. The molecule has 0 unspecified atom stereocenters. The van der Waals surface area contributed by atoms with Crippen LogP contribution in [0.25, 0.3) is 0 Å². The SMILES string of the molecule is CC.CC.CC.CC.CC.CC.CN1CC1.CN1CCC1.CN1CCCC1.CN1CCCCC1.CN1CCN(C)CC1.C[n+]1ccccc1.Cn1cccc1. The van der Waals surface area contributed by atoms with Crippen molar-refractivity contribution < 1.29 is 4.57 Å². The van der Waals surface area contributed by atoms with Gasteiger partial charge in [-0.2, -0.15) is 0 Å². The van der Waals surface area contributed by atoms with Gasteiger partial charge in [0.2, 0.25) is 0 Å². The number of hydrogen-bond donors (Lipinski definition) is 0. The van der Waals surface area contributed by atoms with Gasteiger partial charge in [0.15, 0.2) is 12.4 Å². The zero-order valence-corrected chi connectivity index (χ0v) is 41.5. The van der Waals surface area contributed by atoms with E-state index in [0.29, 0.717) is 0 Å². The molecule has 0 aromatic carbocycles. The Bertz CT molecular complexity index is 812. The van der Waals surface area contributed by atoms with Crippen molar-refractivity contribution in [3.8, 4) is 0 Å². The fourth-order valence-electron chi connectivity index (χ4n) is 4.31. The lowest BCUT2D eigenvalue weighted by Gasteiger charge is -2.28. The predicted octanol–water partition coefficient (Wildman–Crippen LogP) is 9.62. The minimum atomic E-state index is 1.23. The normalized spacial score (nSPS) is 16.8. The number of hydrogen-bond acceptors (Lipinski definition) is 6. The molecule has 7 heterocycles. The molecule has 332 valence electrons. The predicted molar refractivity (Wildman–Crippen MR) is 254 cm³/mol. The second-order valence-electron chi connectivity index (χ2n) is 12.8. The van der Waals surface area contributed by atoms with Gasteiger partial charge in [0.25, 0.3) is 0 Å². The van der Waals surface area contributed by atoms with E-state index in [2.05, 4.69) is 71.7 Å². The number of rotatable bonds is 0. The van der Waals surface area contributed by atoms with Gasteiger partial charge in [0.1, 0.15) is 7.05 Å². The van der Waals surface area contributed by atoms with E-state index in [1.807, 2.05) is 161 Å². The lowest BCUT2D eigenvalue weighted by Crippen LogP contribution is -2.42. The summed E-state index contributed by atoms with van der Waals surface area (Å²) < 4.78 is 4.00. The molecule has 0 N–H and O–H groups in total. The third-order valence-corrected chi connectivity index (χ3v) is 8.00. The van der Waals surface area contributed by atoms with Gasteiger partial charge in [-0.25, -0.2) is 4.57 Å². The highest BCUT2D eigenvalue weighted by molar-refractivity contribution is 4.88. The van der Waals surface area contributed by atoms with Crippen molar-refractivity contribution in [3.63, 3.8) is 0 Å². The van der Waals surface area contributed by atoms with E-state index in [1.165, 1.54) is 117 Å². The van der Waals surface area contributed by atoms with Crippen LogP contribution in [0.15, 0.2) is 55.1 Å². The molecule has 2 aromatic rings. The Morgan fingerprint density at radius 2 is 0.527 bits per heavy atom. The maximum absolute atomic E-state index is 2.39. The van der Waals surface area contributed by atoms with E-state index in [4.69, 9.17) is 0 Å². The molecule has 8 heteroatoms. The largest absolute Gasteiger partial charge is 0.357 e. The quantitative estimate of drug-likeness (QED) is 0.195. The Morgan fingerprint density at radius 3 is 0.655 bits per heavy atom. The van der Waals surface area contributed by atoms with Gasteiger partial charge in [0.05, 0.1) is 0 Å². The first kappa shape index (κ1) is 65.1. The summed E-state index contributed by atoms with van der Waals surface area (Å²) in [7, 11) is 17.0. The first-order valence-corrected chi connectivity index (χ1v) is 22.7. The molecule has 0 spiro atoms. The maximum atomic E-state index is 2.39. The average molecular weight is 782 g/mol. The molecule has 5 aliphatic heterocycles. The number of nitrogens with zero attached hydrogens (tertiary/aromatic N) is 8. The summed E-state index contributed by atoms with van der Waals surface area (Å²) in [4.78, 5) is 14.0. The summed E-state index contributed by atoms with van der Waals surface area (Å²) in [6.45, 7) is 39.5. The van der Waals surface area contributed by atoms with Crippen molar-refractivity contribution in [2.45, 2.75) is 122 Å². The van der Waals surface area contributed by atoms with E-state index < -0.39 is 0 Å². The number of pyridine rings is 1. The van der Waals surface area contributed by atoms with Crippen LogP contribution >= 0.6 is 0 Å². The lowest BCUT2D eigenvalue weighted by atomic mass is 10.1. The van der Waals surface area contributed by atoms with Crippen molar-refractivity contribution >= 4 is 0 Å². The van der Waals surface area contributed by atoms with Crippen LogP contribution in [0, 0.1) is 0 Å². The van der Waals surface area contributed by atoms with Crippen molar-refractivity contribution in [3.05, 3.63) is 55.1 Å².